The van der Waals surface area contributed by atoms with Crippen LogP contribution in [0.15, 0.2) is 41.8 Å². The molecule has 1 aromatic rings. The van der Waals surface area contributed by atoms with E-state index in [-0.39, 0.29) is 11.5 Å². The number of hydrogen-bond acceptors (Lipinski definition) is 3. The molecule has 0 bridgehead atoms. The Labute approximate surface area is 110 Å². The van der Waals surface area contributed by atoms with Gasteiger partial charge in [0.25, 0.3) is 10.1 Å². The molecule has 0 aromatic heterocycles. The molecule has 0 unspecified atom stereocenters. The Morgan fingerprint density at radius 1 is 1.28 bits per heavy atom. The Bertz CT molecular complexity index is 478. The maximum Gasteiger partial charge on any atom is 0.297 e. The third kappa shape index (κ3) is 4.27. The second kappa shape index (κ2) is 7.34. The van der Waals surface area contributed by atoms with E-state index in [1.165, 1.54) is 0 Å². The van der Waals surface area contributed by atoms with E-state index >= 15 is 0 Å². The lowest BCUT2D eigenvalue weighted by molar-refractivity contribution is 0.307. The summed E-state index contributed by atoms with van der Waals surface area (Å²) >= 11 is 0. The summed E-state index contributed by atoms with van der Waals surface area (Å²) in [5.41, 5.74) is 0.725. The fourth-order valence-electron chi connectivity index (χ4n) is 1.66. The monoisotopic (exact) mass is 268 g/mol. The second-order valence-corrected chi connectivity index (χ2v) is 5.67. The Hall–Kier alpha value is -1.13. The van der Waals surface area contributed by atoms with Crippen LogP contribution in [0.25, 0.3) is 0 Å². The lowest BCUT2D eigenvalue weighted by Gasteiger charge is -2.09. The Morgan fingerprint density at radius 3 is 2.67 bits per heavy atom. The van der Waals surface area contributed by atoms with Crippen LogP contribution in [0, 0.1) is 0 Å². The molecule has 0 aliphatic rings. The van der Waals surface area contributed by atoms with Crippen LogP contribution in [0.1, 0.15) is 31.7 Å². The zero-order chi connectivity index (χ0) is 13.4. The summed E-state index contributed by atoms with van der Waals surface area (Å²) in [4.78, 5) is 0.251. The number of allylic oxidation sites excluding steroid dienone is 1. The van der Waals surface area contributed by atoms with Crippen molar-refractivity contribution in [3.8, 4) is 0 Å². The van der Waals surface area contributed by atoms with Gasteiger partial charge in [-0.2, -0.15) is 8.42 Å². The third-order valence-corrected chi connectivity index (χ3v) is 4.01. The molecule has 0 N–H and O–H groups in total. The predicted molar refractivity (Wildman–Crippen MR) is 73.0 cm³/mol. The van der Waals surface area contributed by atoms with Gasteiger partial charge >= 0.3 is 0 Å². The number of hydrogen-bond donors (Lipinski definition) is 0. The highest BCUT2D eigenvalue weighted by Crippen LogP contribution is 2.19. The van der Waals surface area contributed by atoms with E-state index in [2.05, 4.69) is 13.5 Å². The molecule has 4 heteroatoms. The van der Waals surface area contributed by atoms with E-state index in [0.717, 1.165) is 24.8 Å². The van der Waals surface area contributed by atoms with Crippen LogP contribution >= 0.6 is 0 Å². The molecule has 0 saturated carbocycles. The highest BCUT2D eigenvalue weighted by atomic mass is 32.2. The average Bonchev–Trinajstić information content (AvgIpc) is 2.36. The van der Waals surface area contributed by atoms with Crippen molar-refractivity contribution in [1.82, 2.24) is 0 Å². The Kier molecular flexibility index (Phi) is 6.09. The standard InChI is InChI=1S/C14H20O3S/c1-3-5-8-12-17-18(15,16)14-11-7-6-10-13(14)9-4-2/h4,6-7,10-11H,2-3,5,8-9,12H2,1H3. The lowest BCUT2D eigenvalue weighted by atomic mass is 10.1. The minimum atomic E-state index is -3.64. The smallest absolute Gasteiger partial charge is 0.266 e. The van der Waals surface area contributed by atoms with Crippen LogP contribution in [0.5, 0.6) is 0 Å². The molecule has 1 rings (SSSR count). The SMILES string of the molecule is C=CCc1ccccc1S(=O)(=O)OCCCCC. The van der Waals surface area contributed by atoms with Crippen molar-refractivity contribution >= 4 is 10.1 Å². The summed E-state index contributed by atoms with van der Waals surface area (Å²) in [7, 11) is -3.64. The predicted octanol–water partition coefficient (Wildman–Crippen LogP) is 3.31. The van der Waals surface area contributed by atoms with Crippen molar-refractivity contribution in [3.63, 3.8) is 0 Å². The maximum absolute atomic E-state index is 12.0. The van der Waals surface area contributed by atoms with Gasteiger partial charge in [-0.1, -0.05) is 44.0 Å². The fraction of sp³-hybridized carbons (Fsp3) is 0.429. The third-order valence-electron chi connectivity index (χ3n) is 2.59. The highest BCUT2D eigenvalue weighted by Gasteiger charge is 2.18. The molecule has 100 valence electrons. The Morgan fingerprint density at radius 2 is 2.00 bits per heavy atom. The normalized spacial score (nSPS) is 11.4. The highest BCUT2D eigenvalue weighted by molar-refractivity contribution is 7.86. The molecule has 3 nitrogen and oxygen atoms in total. The van der Waals surface area contributed by atoms with Crippen molar-refractivity contribution in [2.24, 2.45) is 0 Å². The van der Waals surface area contributed by atoms with Crippen LogP contribution in [0.4, 0.5) is 0 Å². The van der Waals surface area contributed by atoms with Gasteiger partial charge in [-0.25, -0.2) is 0 Å². The second-order valence-electron chi connectivity index (χ2n) is 4.08. The van der Waals surface area contributed by atoms with Crippen LogP contribution in [0.3, 0.4) is 0 Å². The number of rotatable bonds is 8. The summed E-state index contributed by atoms with van der Waals surface area (Å²) in [6.07, 6.45) is 4.98. The van der Waals surface area contributed by atoms with Crippen molar-refractivity contribution in [2.45, 2.75) is 37.5 Å². The fourth-order valence-corrected chi connectivity index (χ4v) is 2.84. The molecule has 0 aliphatic carbocycles. The first-order valence-corrected chi connectivity index (χ1v) is 7.61. The molecular weight excluding hydrogens is 248 g/mol. The molecular formula is C14H20O3S. The van der Waals surface area contributed by atoms with E-state index in [9.17, 15) is 8.42 Å². The zero-order valence-electron chi connectivity index (χ0n) is 10.8. The summed E-state index contributed by atoms with van der Waals surface area (Å²) in [5.74, 6) is 0. The van der Waals surface area contributed by atoms with Gasteiger partial charge in [0.15, 0.2) is 0 Å². The van der Waals surface area contributed by atoms with E-state index in [1.807, 2.05) is 6.07 Å². The van der Waals surface area contributed by atoms with Crippen molar-refractivity contribution in [2.75, 3.05) is 6.61 Å². The van der Waals surface area contributed by atoms with Gasteiger partial charge in [0, 0.05) is 0 Å². The Balaban J connectivity index is 2.80. The molecule has 0 radical (unpaired) electrons. The van der Waals surface area contributed by atoms with Crippen LogP contribution in [0.2, 0.25) is 0 Å². The quantitative estimate of drug-likeness (QED) is 0.413. The minimum Gasteiger partial charge on any atom is -0.266 e. The molecule has 0 fully saturated rings. The van der Waals surface area contributed by atoms with Gasteiger partial charge in [-0.05, 0) is 24.5 Å². The maximum atomic E-state index is 12.0. The summed E-state index contributed by atoms with van der Waals surface area (Å²) in [6.45, 7) is 5.94. The van der Waals surface area contributed by atoms with Gasteiger partial charge in [0.05, 0.1) is 11.5 Å². The molecule has 18 heavy (non-hydrogen) atoms. The zero-order valence-corrected chi connectivity index (χ0v) is 11.6. The van der Waals surface area contributed by atoms with E-state index in [1.54, 1.807) is 24.3 Å². The van der Waals surface area contributed by atoms with Crippen molar-refractivity contribution in [3.05, 3.63) is 42.5 Å². The first-order chi connectivity index (χ1) is 8.61. The van der Waals surface area contributed by atoms with Crippen LogP contribution in [-0.4, -0.2) is 15.0 Å². The number of unbranched alkanes of at least 4 members (excludes halogenated alkanes) is 2. The minimum absolute atomic E-state index is 0.249. The first kappa shape index (κ1) is 14.9. The molecule has 0 amide bonds. The summed E-state index contributed by atoms with van der Waals surface area (Å²) in [6, 6.07) is 6.88. The topological polar surface area (TPSA) is 43.4 Å². The molecule has 0 spiro atoms. The van der Waals surface area contributed by atoms with E-state index < -0.39 is 10.1 Å². The molecule has 0 heterocycles. The largest absolute Gasteiger partial charge is 0.297 e. The summed E-state index contributed by atoms with van der Waals surface area (Å²) in [5, 5.41) is 0. The van der Waals surface area contributed by atoms with Gasteiger partial charge in [0.1, 0.15) is 0 Å². The molecule has 0 aliphatic heterocycles. The van der Waals surface area contributed by atoms with Gasteiger partial charge in [0.2, 0.25) is 0 Å². The van der Waals surface area contributed by atoms with Crippen LogP contribution < -0.4 is 0 Å². The molecule has 0 saturated heterocycles. The van der Waals surface area contributed by atoms with Gasteiger partial charge in [-0.3, -0.25) is 4.18 Å². The van der Waals surface area contributed by atoms with Crippen LogP contribution in [-0.2, 0) is 20.7 Å². The van der Waals surface area contributed by atoms with Gasteiger partial charge < -0.3 is 0 Å². The molecule has 1 aromatic carbocycles. The summed E-state index contributed by atoms with van der Waals surface area (Å²) < 4.78 is 29.1. The number of benzene rings is 1. The average molecular weight is 268 g/mol. The van der Waals surface area contributed by atoms with Gasteiger partial charge in [-0.15, -0.1) is 6.58 Å². The van der Waals surface area contributed by atoms with Crippen molar-refractivity contribution < 1.29 is 12.6 Å². The van der Waals surface area contributed by atoms with E-state index in [0.29, 0.717) is 6.42 Å². The van der Waals surface area contributed by atoms with E-state index in [4.69, 9.17) is 4.18 Å². The first-order valence-electron chi connectivity index (χ1n) is 6.20. The lowest BCUT2D eigenvalue weighted by Crippen LogP contribution is -2.10. The molecule has 0 atom stereocenters. The van der Waals surface area contributed by atoms with Crippen molar-refractivity contribution in [1.29, 1.82) is 0 Å².